The van der Waals surface area contributed by atoms with Crippen LogP contribution in [0.2, 0.25) is 0 Å². The Kier molecular flexibility index (Phi) is 9.60. The molecule has 0 aliphatic rings. The molecule has 2 nitrogen and oxygen atoms in total. The van der Waals surface area contributed by atoms with E-state index in [1.165, 1.54) is 0 Å². The molecule has 0 aromatic heterocycles. The van der Waals surface area contributed by atoms with Gasteiger partial charge in [-0.1, -0.05) is 7.43 Å². The molecule has 0 bridgehead atoms. The molecule has 0 aliphatic heterocycles. The van der Waals surface area contributed by atoms with Crippen molar-refractivity contribution in [3.05, 3.63) is 0 Å². The average molecular weight is 384 g/mol. The summed E-state index contributed by atoms with van der Waals surface area (Å²) in [5, 5.41) is 0. The van der Waals surface area contributed by atoms with Crippen LogP contribution in [0.15, 0.2) is 0 Å². The highest BCUT2D eigenvalue weighted by molar-refractivity contribution is 4.77. The first-order chi connectivity index (χ1) is 8.97. The largest absolute Gasteiger partial charge is 0.423 e. The van der Waals surface area contributed by atoms with Gasteiger partial charge >= 0.3 is 24.7 Å². The van der Waals surface area contributed by atoms with Crippen LogP contribution in [0, 0.1) is 0 Å². The Labute approximate surface area is 119 Å². The highest BCUT2D eigenvalue weighted by Crippen LogP contribution is 2.38. The van der Waals surface area contributed by atoms with Gasteiger partial charge in [-0.15, -0.1) is 0 Å². The molecule has 15 heteroatoms. The van der Waals surface area contributed by atoms with E-state index in [-0.39, 0.29) is 12.1 Å². The Morgan fingerprint density at radius 3 is 0.826 bits per heavy atom. The molecule has 0 radical (unpaired) electrons. The Balaban J connectivity index is -0.00000200. The SMILES string of the molecule is C.F.FC(F)(F)C(OCOC(C(F)(F)F)C(F)(F)F)C(F)(F)F. The second-order valence-electron chi connectivity index (χ2n) is 3.38. The number of hydrogen-bond acceptors (Lipinski definition) is 2. The summed E-state index contributed by atoms with van der Waals surface area (Å²) in [6.07, 6.45) is -33.5. The van der Waals surface area contributed by atoms with Gasteiger partial charge < -0.3 is 9.47 Å². The summed E-state index contributed by atoms with van der Waals surface area (Å²) in [5.41, 5.74) is 0. The monoisotopic (exact) mass is 384 g/mol. The molecule has 144 valence electrons. The minimum Gasteiger partial charge on any atom is -0.334 e. The van der Waals surface area contributed by atoms with Crippen molar-refractivity contribution in [2.45, 2.75) is 44.3 Å². The van der Waals surface area contributed by atoms with E-state index in [1.54, 1.807) is 0 Å². The van der Waals surface area contributed by atoms with Crippen molar-refractivity contribution in [3.8, 4) is 0 Å². The van der Waals surface area contributed by atoms with E-state index in [4.69, 9.17) is 0 Å². The zero-order valence-electron chi connectivity index (χ0n) is 9.62. The fraction of sp³-hybridized carbons (Fsp3) is 1.00. The van der Waals surface area contributed by atoms with E-state index in [0.29, 0.717) is 0 Å². The molecule has 0 unspecified atom stereocenters. The summed E-state index contributed by atoms with van der Waals surface area (Å²) < 4.78 is 148. The molecule has 0 saturated carbocycles. The standard InChI is InChI=1S/C7H4F12O2.CH4.FH/c8-4(9,10)2(5(11,12)13)20-1-21-3(6(14,15)16)7(17,18)19;;/h2-3H,1H2;1H4;1H. The molecule has 0 saturated heterocycles. The van der Waals surface area contributed by atoms with Gasteiger partial charge in [0.05, 0.1) is 0 Å². The fourth-order valence-electron chi connectivity index (χ4n) is 0.924. The van der Waals surface area contributed by atoms with Gasteiger partial charge in [-0.25, -0.2) is 0 Å². The minimum absolute atomic E-state index is 0. The second kappa shape index (κ2) is 8.21. The van der Waals surface area contributed by atoms with Crippen molar-refractivity contribution in [2.24, 2.45) is 0 Å². The molecule has 0 fully saturated rings. The van der Waals surface area contributed by atoms with E-state index in [1.807, 2.05) is 0 Å². The van der Waals surface area contributed by atoms with E-state index in [2.05, 4.69) is 9.47 Å². The van der Waals surface area contributed by atoms with Gasteiger partial charge in [0.25, 0.3) is 12.2 Å². The Bertz CT molecular complexity index is 265. The quantitative estimate of drug-likeness (QED) is 0.515. The third-order valence-electron chi connectivity index (χ3n) is 1.66. The first-order valence-electron chi connectivity index (χ1n) is 4.47. The number of ether oxygens (including phenoxy) is 2. The van der Waals surface area contributed by atoms with Gasteiger partial charge in [-0.3, -0.25) is 4.70 Å². The van der Waals surface area contributed by atoms with Gasteiger partial charge in [-0.2, -0.15) is 52.7 Å². The minimum atomic E-state index is -6.09. The van der Waals surface area contributed by atoms with Crippen molar-refractivity contribution < 1.29 is 66.9 Å². The first kappa shape index (κ1) is 26.9. The van der Waals surface area contributed by atoms with Gasteiger partial charge in [-0.05, 0) is 0 Å². The maximum atomic E-state index is 11.9. The van der Waals surface area contributed by atoms with Crippen molar-refractivity contribution in [3.63, 3.8) is 0 Å². The molecule has 0 spiro atoms. The highest BCUT2D eigenvalue weighted by atomic mass is 19.4. The maximum Gasteiger partial charge on any atom is 0.423 e. The highest BCUT2D eigenvalue weighted by Gasteiger charge is 2.60. The smallest absolute Gasteiger partial charge is 0.334 e. The van der Waals surface area contributed by atoms with Crippen LogP contribution < -0.4 is 0 Å². The van der Waals surface area contributed by atoms with Crippen LogP contribution in [0.25, 0.3) is 0 Å². The molecular weight excluding hydrogens is 375 g/mol. The zero-order chi connectivity index (χ0) is 17.3. The van der Waals surface area contributed by atoms with Crippen LogP contribution in [0.4, 0.5) is 57.4 Å². The van der Waals surface area contributed by atoms with Crippen LogP contribution in [0.3, 0.4) is 0 Å². The molecular formula is C8H9F13O2. The van der Waals surface area contributed by atoms with Crippen molar-refractivity contribution in [1.29, 1.82) is 0 Å². The summed E-state index contributed by atoms with van der Waals surface area (Å²) in [4.78, 5) is 0. The molecule has 0 N–H and O–H groups in total. The fourth-order valence-corrected chi connectivity index (χ4v) is 0.924. The van der Waals surface area contributed by atoms with Crippen molar-refractivity contribution in [2.75, 3.05) is 6.79 Å². The maximum absolute atomic E-state index is 11.9. The normalized spacial score (nSPS) is 13.8. The first-order valence-corrected chi connectivity index (χ1v) is 4.47. The van der Waals surface area contributed by atoms with Crippen molar-refractivity contribution in [1.82, 2.24) is 0 Å². The molecule has 0 rings (SSSR count). The van der Waals surface area contributed by atoms with Crippen LogP contribution in [-0.4, -0.2) is 43.7 Å². The van der Waals surface area contributed by atoms with E-state index in [0.717, 1.165) is 0 Å². The summed E-state index contributed by atoms with van der Waals surface area (Å²) in [5.74, 6) is 0. The van der Waals surface area contributed by atoms with Crippen LogP contribution in [-0.2, 0) is 9.47 Å². The van der Waals surface area contributed by atoms with Gasteiger partial charge in [0.2, 0.25) is 0 Å². The number of halogens is 13. The average Bonchev–Trinajstić information content (AvgIpc) is 2.07. The zero-order valence-corrected chi connectivity index (χ0v) is 9.62. The lowest BCUT2D eigenvalue weighted by Crippen LogP contribution is -2.48. The lowest BCUT2D eigenvalue weighted by atomic mass is 10.3. The Hall–Kier alpha value is -0.990. The Morgan fingerprint density at radius 2 is 0.696 bits per heavy atom. The van der Waals surface area contributed by atoms with E-state index in [9.17, 15) is 52.7 Å². The third kappa shape index (κ3) is 9.02. The van der Waals surface area contributed by atoms with Crippen LogP contribution in [0.1, 0.15) is 7.43 Å². The molecule has 0 aromatic carbocycles. The predicted octanol–water partition coefficient (Wildman–Crippen LogP) is 4.75. The van der Waals surface area contributed by atoms with E-state index < -0.39 is 43.7 Å². The number of hydrogen-bond donors (Lipinski definition) is 0. The second-order valence-corrected chi connectivity index (χ2v) is 3.38. The summed E-state index contributed by atoms with van der Waals surface area (Å²) >= 11 is 0. The summed E-state index contributed by atoms with van der Waals surface area (Å²) in [6.45, 7) is -2.52. The summed E-state index contributed by atoms with van der Waals surface area (Å²) in [6, 6.07) is 0. The number of alkyl halides is 12. The Morgan fingerprint density at radius 1 is 0.522 bits per heavy atom. The predicted molar refractivity (Wildman–Crippen MR) is 48.1 cm³/mol. The molecule has 0 aliphatic carbocycles. The molecule has 23 heavy (non-hydrogen) atoms. The lowest BCUT2D eigenvalue weighted by Gasteiger charge is -2.26. The molecule has 0 heterocycles. The molecule has 0 atom stereocenters. The topological polar surface area (TPSA) is 18.5 Å². The van der Waals surface area contributed by atoms with Crippen molar-refractivity contribution >= 4 is 0 Å². The molecule has 0 amide bonds. The number of rotatable bonds is 4. The van der Waals surface area contributed by atoms with E-state index >= 15 is 0 Å². The van der Waals surface area contributed by atoms with Gasteiger partial charge in [0, 0.05) is 0 Å². The van der Waals surface area contributed by atoms with Crippen LogP contribution in [0.5, 0.6) is 0 Å². The summed E-state index contributed by atoms with van der Waals surface area (Å²) in [7, 11) is 0. The third-order valence-corrected chi connectivity index (χ3v) is 1.66. The van der Waals surface area contributed by atoms with Gasteiger partial charge in [0.15, 0.2) is 0 Å². The lowest BCUT2D eigenvalue weighted by molar-refractivity contribution is -0.367. The van der Waals surface area contributed by atoms with Crippen LogP contribution >= 0.6 is 0 Å². The molecule has 0 aromatic rings. The van der Waals surface area contributed by atoms with Gasteiger partial charge in [0.1, 0.15) is 6.79 Å².